The van der Waals surface area contributed by atoms with Gasteiger partial charge in [-0.05, 0) is 282 Å². The monoisotopic (exact) mass is 1680 g/mol. The van der Waals surface area contributed by atoms with Crippen LogP contribution in [0.25, 0.3) is 156 Å². The molecule has 26 rings (SSSR count). The molecular weight excluding hydrogens is 1590 g/mol. The van der Waals surface area contributed by atoms with Crippen molar-refractivity contribution in [1.29, 1.82) is 0 Å². The van der Waals surface area contributed by atoms with Crippen LogP contribution in [0.4, 0.5) is 0 Å². The van der Waals surface area contributed by atoms with Crippen LogP contribution in [0.3, 0.4) is 0 Å². The predicted molar refractivity (Wildman–Crippen MR) is 554 cm³/mol. The molecular formula is C132H98. The van der Waals surface area contributed by atoms with E-state index < -0.39 is 0 Å². The quantitative estimate of drug-likeness (QED) is 0.121. The average molecular weight is 1680 g/mol. The summed E-state index contributed by atoms with van der Waals surface area (Å²) in [6, 6.07) is 173. The first kappa shape index (κ1) is 79.8. The van der Waals surface area contributed by atoms with Gasteiger partial charge in [0.05, 0.1) is 0 Å². The highest BCUT2D eigenvalue weighted by atomic mass is 14.5. The highest BCUT2D eigenvalue weighted by molar-refractivity contribution is 5.98. The molecule has 0 N–H and O–H groups in total. The second kappa shape index (κ2) is 32.0. The Morgan fingerprint density at radius 1 is 0.136 bits per heavy atom. The lowest BCUT2D eigenvalue weighted by atomic mass is 9.78. The highest BCUT2D eigenvalue weighted by Gasteiger charge is 2.46. The molecule has 0 spiro atoms. The van der Waals surface area contributed by atoms with E-state index in [-0.39, 0.29) is 34.0 Å². The highest BCUT2D eigenvalue weighted by Crippen LogP contribution is 2.63. The van der Waals surface area contributed by atoms with Crippen molar-refractivity contribution in [2.45, 2.75) is 75.5 Å². The molecule has 0 fully saturated rings. The zero-order chi connectivity index (χ0) is 88.5. The average Bonchev–Trinajstić information content (AvgIpc) is 1.54. The van der Waals surface area contributed by atoms with Crippen molar-refractivity contribution in [3.05, 3.63) is 551 Å². The van der Waals surface area contributed by atoms with Crippen LogP contribution in [0.15, 0.2) is 467 Å². The molecule has 132 heavy (non-hydrogen) atoms. The van der Waals surface area contributed by atoms with Crippen LogP contribution < -0.4 is 0 Å². The van der Waals surface area contributed by atoms with Gasteiger partial charge in [-0.1, -0.05) is 466 Å². The summed E-state index contributed by atoms with van der Waals surface area (Å²) in [5.41, 5.74) is 57.5. The zero-order valence-corrected chi connectivity index (χ0v) is 75.2. The van der Waals surface area contributed by atoms with Gasteiger partial charge in [-0.3, -0.25) is 0 Å². The molecule has 3 unspecified atom stereocenters. The molecule has 6 aliphatic rings. The summed E-state index contributed by atoms with van der Waals surface area (Å²) in [5, 5.41) is 0. The van der Waals surface area contributed by atoms with Gasteiger partial charge in [-0.2, -0.15) is 0 Å². The molecule has 0 saturated carbocycles. The maximum absolute atomic E-state index is 2.55. The lowest BCUT2D eigenvalue weighted by Crippen LogP contribution is -2.16. The molecule has 0 amide bonds. The van der Waals surface area contributed by atoms with Crippen molar-refractivity contribution in [3.8, 4) is 156 Å². The van der Waals surface area contributed by atoms with Gasteiger partial charge < -0.3 is 0 Å². The number of hydrogen-bond acceptors (Lipinski definition) is 0. The standard InChI is InChI=1S/2C46H34.C40H30/c1-46(2)43-21-13-12-20-37(43)41-28-40-39-27-33(30-14-6-3-7-15-30)22-23-38(39)45(42(40)29-44(41)46)36-25-34(31-16-8-4-9-17-31)24-35(26-36)32-18-10-5-11-19-32;1-46(2)42-20-12-11-17-37(42)40-25-26-41-43(38-18-9-10-19-39(38)44(41)45(40)46)33-23-21-32(22-24-33)36-28-34(30-13-5-3-6-14-30)27-35(29-36)31-15-7-4-8-16-31;1-40(2)36-20-12-11-17-31(36)34-21-22-35-37(32-18-9-10-19-33(32)38(35)39(34)40)30-24-28(26-13-5-3-6-14-26)23-29(25-30)27-15-7-4-8-16-27/h3-29,45H,1-2H3;3-29,43H,1-2H3;3-25,37H,1-2H3. The van der Waals surface area contributed by atoms with E-state index in [1.165, 1.54) is 239 Å². The third-order valence-corrected chi connectivity index (χ3v) is 29.8. The molecule has 0 aromatic heterocycles. The Balaban J connectivity index is 0.000000110. The lowest BCUT2D eigenvalue weighted by molar-refractivity contribution is 0.659. The first-order valence-corrected chi connectivity index (χ1v) is 46.8. The Bertz CT molecular complexity index is 7730. The Morgan fingerprint density at radius 3 is 0.780 bits per heavy atom. The first-order chi connectivity index (χ1) is 64.7. The predicted octanol–water partition coefficient (Wildman–Crippen LogP) is 34.8. The van der Waals surface area contributed by atoms with Gasteiger partial charge in [0, 0.05) is 34.0 Å². The molecule has 20 aromatic carbocycles. The lowest BCUT2D eigenvalue weighted by Gasteiger charge is -2.25. The zero-order valence-electron chi connectivity index (χ0n) is 75.2. The third kappa shape index (κ3) is 13.3. The third-order valence-electron chi connectivity index (χ3n) is 29.8. The van der Waals surface area contributed by atoms with E-state index in [9.17, 15) is 0 Å². The van der Waals surface area contributed by atoms with E-state index in [0.717, 1.165) is 0 Å². The van der Waals surface area contributed by atoms with Crippen molar-refractivity contribution < 1.29 is 0 Å². The molecule has 6 aliphatic carbocycles. The summed E-state index contributed by atoms with van der Waals surface area (Å²) in [5.74, 6) is 0.522. The molecule has 3 atom stereocenters. The van der Waals surface area contributed by atoms with Crippen LogP contribution in [-0.2, 0) is 16.2 Å². The second-order valence-electron chi connectivity index (χ2n) is 38.3. The summed E-state index contributed by atoms with van der Waals surface area (Å²) < 4.78 is 0. The fourth-order valence-electron chi connectivity index (χ4n) is 23.5. The molecule has 0 heterocycles. The molecule has 0 saturated heterocycles. The van der Waals surface area contributed by atoms with Crippen LogP contribution in [0.2, 0.25) is 0 Å². The maximum Gasteiger partial charge on any atom is 0.0352 e. The van der Waals surface area contributed by atoms with Crippen molar-refractivity contribution in [2.75, 3.05) is 0 Å². The van der Waals surface area contributed by atoms with Gasteiger partial charge in [0.15, 0.2) is 0 Å². The van der Waals surface area contributed by atoms with E-state index >= 15 is 0 Å². The number of fused-ring (bicyclic) bond motifs is 20. The normalized spacial score (nSPS) is 15.3. The van der Waals surface area contributed by atoms with E-state index in [2.05, 4.69) is 509 Å². The smallest absolute Gasteiger partial charge is 0.0352 e. The molecule has 0 radical (unpaired) electrons. The molecule has 0 aliphatic heterocycles. The van der Waals surface area contributed by atoms with Gasteiger partial charge in [0.2, 0.25) is 0 Å². The number of rotatable bonds is 11. The van der Waals surface area contributed by atoms with Crippen LogP contribution in [0.5, 0.6) is 0 Å². The van der Waals surface area contributed by atoms with Crippen LogP contribution in [0, 0.1) is 0 Å². The fraction of sp³-hybridized carbons (Fsp3) is 0.0909. The van der Waals surface area contributed by atoms with Gasteiger partial charge in [0.25, 0.3) is 0 Å². The fourth-order valence-corrected chi connectivity index (χ4v) is 23.5. The summed E-state index contributed by atoms with van der Waals surface area (Å²) in [4.78, 5) is 0. The van der Waals surface area contributed by atoms with E-state index in [1.807, 2.05) is 0 Å². The summed E-state index contributed by atoms with van der Waals surface area (Å²) in [6.07, 6.45) is 0. The van der Waals surface area contributed by atoms with Gasteiger partial charge in [-0.15, -0.1) is 0 Å². The summed E-state index contributed by atoms with van der Waals surface area (Å²) >= 11 is 0. The van der Waals surface area contributed by atoms with Crippen molar-refractivity contribution in [1.82, 2.24) is 0 Å². The molecule has 0 bridgehead atoms. The van der Waals surface area contributed by atoms with Crippen LogP contribution >= 0.6 is 0 Å². The van der Waals surface area contributed by atoms with E-state index in [4.69, 9.17) is 0 Å². The Kier molecular flexibility index (Phi) is 19.3. The van der Waals surface area contributed by atoms with Crippen molar-refractivity contribution in [2.24, 2.45) is 0 Å². The van der Waals surface area contributed by atoms with Gasteiger partial charge >= 0.3 is 0 Å². The SMILES string of the molecule is CC1(C)c2ccccc2-c2cc3c(cc21)C(c1cc(-c2ccccc2)cc(-c2ccccc2)c1)c1ccc(-c2ccccc2)cc1-3.CC1(C)c2ccccc2-c2ccc3c(c21)-c1ccccc1C3c1cc(-c2ccccc2)cc(-c2ccccc2)c1.CC1(C)c2ccccc2-c2ccc3c(c21)-c1ccccc1C3c1ccc(-c2cc(-c3ccccc3)cc(-c3ccccc3)c2)cc1. The molecule has 0 heteroatoms. The first-order valence-electron chi connectivity index (χ1n) is 46.8. The van der Waals surface area contributed by atoms with Gasteiger partial charge in [0.1, 0.15) is 0 Å². The molecule has 20 aromatic rings. The van der Waals surface area contributed by atoms with Crippen molar-refractivity contribution >= 4 is 0 Å². The molecule has 0 nitrogen and oxygen atoms in total. The van der Waals surface area contributed by atoms with Crippen LogP contribution in [0.1, 0.15) is 143 Å². The van der Waals surface area contributed by atoms with Crippen molar-refractivity contribution in [3.63, 3.8) is 0 Å². The van der Waals surface area contributed by atoms with Crippen LogP contribution in [-0.4, -0.2) is 0 Å². The summed E-state index contributed by atoms with van der Waals surface area (Å²) in [6.45, 7) is 14.4. The topological polar surface area (TPSA) is 0 Å². The Hall–Kier alpha value is -15.6. The number of benzene rings is 20. The minimum atomic E-state index is -0.0590. The summed E-state index contributed by atoms with van der Waals surface area (Å²) in [7, 11) is 0. The van der Waals surface area contributed by atoms with E-state index in [0.29, 0.717) is 0 Å². The largest absolute Gasteiger partial charge is 0.0622 e. The number of hydrogen-bond donors (Lipinski definition) is 0. The van der Waals surface area contributed by atoms with Gasteiger partial charge in [-0.25, -0.2) is 0 Å². The Morgan fingerprint density at radius 2 is 0.402 bits per heavy atom. The Labute approximate surface area is 776 Å². The molecule has 626 valence electrons. The van der Waals surface area contributed by atoms with E-state index in [1.54, 1.807) is 0 Å². The second-order valence-corrected chi connectivity index (χ2v) is 38.3. The minimum Gasteiger partial charge on any atom is -0.0622 e. The maximum atomic E-state index is 2.55. The minimum absolute atomic E-state index is 0.0522.